The Labute approximate surface area is 123 Å². The molecule has 0 fully saturated rings. The van der Waals surface area contributed by atoms with Gasteiger partial charge in [0, 0.05) is 5.54 Å². The van der Waals surface area contributed by atoms with E-state index in [1.165, 1.54) is 11.6 Å². The van der Waals surface area contributed by atoms with Gasteiger partial charge in [-0.25, -0.2) is 0 Å². The molecule has 0 aliphatic rings. The molecule has 0 aliphatic carbocycles. The van der Waals surface area contributed by atoms with Crippen molar-refractivity contribution in [2.24, 2.45) is 5.41 Å². The van der Waals surface area contributed by atoms with Gasteiger partial charge in [-0.1, -0.05) is 48.0 Å². The number of benzene rings is 1. The Morgan fingerprint density at radius 2 is 2.00 bits per heavy atom. The van der Waals surface area contributed by atoms with Crippen LogP contribution in [-0.4, -0.2) is 23.7 Å². The number of halogens is 1. The first kappa shape index (κ1) is 16.2. The average Bonchev–Trinajstić information content (AvgIpc) is 2.44. The summed E-state index contributed by atoms with van der Waals surface area (Å²) in [5.74, 6) is -1.96. The molecule has 0 heterocycles. The van der Waals surface area contributed by atoms with Gasteiger partial charge in [0.25, 0.3) is 0 Å². The fourth-order valence-corrected chi connectivity index (χ4v) is 2.03. The third-order valence-electron chi connectivity index (χ3n) is 2.98. The van der Waals surface area contributed by atoms with E-state index >= 15 is 0 Å². The van der Waals surface area contributed by atoms with Crippen molar-refractivity contribution in [1.29, 1.82) is 0 Å². The molecule has 0 spiro atoms. The second-order valence-electron chi connectivity index (χ2n) is 4.34. The zero-order valence-corrected chi connectivity index (χ0v) is 12.0. The van der Waals surface area contributed by atoms with Crippen LogP contribution in [0.2, 0.25) is 0 Å². The lowest BCUT2D eigenvalue weighted by Gasteiger charge is -2.26. The molecule has 0 aromatic heterocycles. The Bertz CT molecular complexity index is 484. The molecule has 20 heavy (non-hydrogen) atoms. The maximum atomic E-state index is 12.1. The standard InChI is InChI=1S/C15H17ClO4/c1-2-20-14(19)15(13(17)18,9-6-10-16)11-12-7-4-3-5-8-12/h3-8,10H,2,9,11H2,1H3,(H,17,18)/b10-6+. The molecule has 5 heteroatoms. The summed E-state index contributed by atoms with van der Waals surface area (Å²) in [7, 11) is 0. The highest BCUT2D eigenvalue weighted by Gasteiger charge is 2.46. The van der Waals surface area contributed by atoms with Crippen molar-refractivity contribution in [3.63, 3.8) is 0 Å². The molecule has 108 valence electrons. The van der Waals surface area contributed by atoms with E-state index in [0.717, 1.165) is 5.56 Å². The van der Waals surface area contributed by atoms with Crippen molar-refractivity contribution in [3.8, 4) is 0 Å². The van der Waals surface area contributed by atoms with Crippen LogP contribution in [0.4, 0.5) is 0 Å². The van der Waals surface area contributed by atoms with Crippen LogP contribution in [0.15, 0.2) is 41.9 Å². The summed E-state index contributed by atoms with van der Waals surface area (Å²) in [6.45, 7) is 1.78. The van der Waals surface area contributed by atoms with Crippen molar-refractivity contribution in [3.05, 3.63) is 47.5 Å². The van der Waals surface area contributed by atoms with E-state index < -0.39 is 17.4 Å². The van der Waals surface area contributed by atoms with Crippen molar-refractivity contribution in [2.45, 2.75) is 19.8 Å². The maximum absolute atomic E-state index is 12.1. The molecule has 1 N–H and O–H groups in total. The number of esters is 1. The van der Waals surface area contributed by atoms with Gasteiger partial charge in [-0.3, -0.25) is 9.59 Å². The Morgan fingerprint density at radius 3 is 2.50 bits per heavy atom. The average molecular weight is 297 g/mol. The largest absolute Gasteiger partial charge is 0.480 e. The van der Waals surface area contributed by atoms with Crippen molar-refractivity contribution < 1.29 is 19.4 Å². The number of ether oxygens (including phenoxy) is 1. The Balaban J connectivity index is 3.15. The Kier molecular flexibility index (Phi) is 6.25. The number of carbonyl (C=O) groups is 2. The summed E-state index contributed by atoms with van der Waals surface area (Å²) in [5.41, 5.74) is 0.316. The third-order valence-corrected chi connectivity index (χ3v) is 3.16. The van der Waals surface area contributed by atoms with E-state index in [-0.39, 0.29) is 19.4 Å². The minimum absolute atomic E-state index is 0.0143. The van der Waals surface area contributed by atoms with E-state index in [2.05, 4.69) is 0 Å². The SMILES string of the molecule is CCOC(=O)C(C/C=C/Cl)(Cc1ccccc1)C(=O)O. The molecular formula is C15H17ClO4. The van der Waals surface area contributed by atoms with Gasteiger partial charge < -0.3 is 9.84 Å². The van der Waals surface area contributed by atoms with Crippen LogP contribution in [0.25, 0.3) is 0 Å². The predicted octanol–water partition coefficient (Wildman–Crippen LogP) is 3.01. The Morgan fingerprint density at radius 1 is 1.35 bits per heavy atom. The number of carboxylic acid groups (broad SMARTS) is 1. The summed E-state index contributed by atoms with van der Waals surface area (Å²) in [6, 6.07) is 8.98. The second kappa shape index (κ2) is 7.70. The van der Waals surface area contributed by atoms with Gasteiger partial charge in [0.05, 0.1) is 6.61 Å². The number of rotatable bonds is 7. The van der Waals surface area contributed by atoms with Gasteiger partial charge in [-0.2, -0.15) is 0 Å². The molecular weight excluding hydrogens is 280 g/mol. The number of aliphatic carboxylic acids is 1. The predicted molar refractivity (Wildman–Crippen MR) is 76.5 cm³/mol. The first-order valence-electron chi connectivity index (χ1n) is 6.26. The summed E-state index contributed by atoms with van der Waals surface area (Å²) in [6.07, 6.45) is 1.50. The Hall–Kier alpha value is -1.81. The molecule has 1 aromatic rings. The summed E-state index contributed by atoms with van der Waals surface area (Å²) in [5, 5.41) is 9.53. The van der Waals surface area contributed by atoms with Crippen LogP contribution in [0.1, 0.15) is 18.9 Å². The van der Waals surface area contributed by atoms with Crippen LogP contribution in [0, 0.1) is 5.41 Å². The van der Waals surface area contributed by atoms with Crippen molar-refractivity contribution in [2.75, 3.05) is 6.61 Å². The zero-order chi connectivity index (χ0) is 15.0. The van der Waals surface area contributed by atoms with E-state index in [9.17, 15) is 14.7 Å². The van der Waals surface area contributed by atoms with Crippen LogP contribution >= 0.6 is 11.6 Å². The molecule has 0 radical (unpaired) electrons. The van der Waals surface area contributed by atoms with Crippen LogP contribution in [0.5, 0.6) is 0 Å². The fraction of sp³-hybridized carbons (Fsp3) is 0.333. The summed E-state index contributed by atoms with van der Waals surface area (Å²) < 4.78 is 4.94. The lowest BCUT2D eigenvalue weighted by molar-refractivity contribution is -0.168. The highest BCUT2D eigenvalue weighted by Crippen LogP contribution is 2.30. The maximum Gasteiger partial charge on any atom is 0.324 e. The molecule has 0 bridgehead atoms. The topological polar surface area (TPSA) is 63.6 Å². The number of hydrogen-bond acceptors (Lipinski definition) is 3. The first-order valence-corrected chi connectivity index (χ1v) is 6.70. The van der Waals surface area contributed by atoms with Gasteiger partial charge >= 0.3 is 11.9 Å². The lowest BCUT2D eigenvalue weighted by Crippen LogP contribution is -2.42. The molecule has 0 saturated carbocycles. The summed E-state index contributed by atoms with van der Waals surface area (Å²) >= 11 is 5.47. The van der Waals surface area contributed by atoms with E-state index in [0.29, 0.717) is 0 Å². The van der Waals surface area contributed by atoms with Gasteiger partial charge in [0.2, 0.25) is 0 Å². The molecule has 1 atom stereocenters. The normalized spacial score (nSPS) is 13.9. The molecule has 1 rings (SSSR count). The third kappa shape index (κ3) is 3.84. The van der Waals surface area contributed by atoms with E-state index in [1.807, 2.05) is 6.07 Å². The van der Waals surface area contributed by atoms with Crippen LogP contribution in [-0.2, 0) is 20.7 Å². The van der Waals surface area contributed by atoms with E-state index in [1.54, 1.807) is 31.2 Å². The first-order chi connectivity index (χ1) is 9.56. The van der Waals surface area contributed by atoms with Gasteiger partial charge in [-0.15, -0.1) is 0 Å². The zero-order valence-electron chi connectivity index (χ0n) is 11.2. The smallest absolute Gasteiger partial charge is 0.324 e. The molecule has 0 aliphatic heterocycles. The minimum atomic E-state index is -1.65. The second-order valence-corrected chi connectivity index (χ2v) is 4.59. The number of hydrogen-bond donors (Lipinski definition) is 1. The van der Waals surface area contributed by atoms with Gasteiger partial charge in [-0.05, 0) is 25.3 Å². The monoisotopic (exact) mass is 296 g/mol. The van der Waals surface area contributed by atoms with E-state index in [4.69, 9.17) is 16.3 Å². The minimum Gasteiger partial charge on any atom is -0.480 e. The van der Waals surface area contributed by atoms with Gasteiger partial charge in [0.15, 0.2) is 5.41 Å². The molecule has 4 nitrogen and oxygen atoms in total. The quantitative estimate of drug-likeness (QED) is 0.620. The highest BCUT2D eigenvalue weighted by atomic mass is 35.5. The molecule has 1 unspecified atom stereocenters. The lowest BCUT2D eigenvalue weighted by atomic mass is 9.78. The van der Waals surface area contributed by atoms with Gasteiger partial charge in [0.1, 0.15) is 0 Å². The highest BCUT2D eigenvalue weighted by molar-refractivity contribution is 6.25. The molecule has 0 amide bonds. The fourth-order valence-electron chi connectivity index (χ4n) is 1.94. The molecule has 0 saturated heterocycles. The molecule has 1 aromatic carbocycles. The van der Waals surface area contributed by atoms with Crippen LogP contribution < -0.4 is 0 Å². The number of carbonyl (C=O) groups excluding carboxylic acids is 1. The van der Waals surface area contributed by atoms with Crippen molar-refractivity contribution >= 4 is 23.5 Å². The van der Waals surface area contributed by atoms with Crippen LogP contribution in [0.3, 0.4) is 0 Å². The number of allylic oxidation sites excluding steroid dienone is 1. The summed E-state index contributed by atoms with van der Waals surface area (Å²) in [4.78, 5) is 23.8. The van der Waals surface area contributed by atoms with Crippen molar-refractivity contribution in [1.82, 2.24) is 0 Å². The number of carboxylic acids is 1.